The second kappa shape index (κ2) is 7.29. The fourth-order valence-corrected chi connectivity index (χ4v) is 2.71. The van der Waals surface area contributed by atoms with E-state index in [1.165, 1.54) is 12.8 Å². The van der Waals surface area contributed by atoms with Gasteiger partial charge in [-0.2, -0.15) is 0 Å². The number of rotatable bonds is 5. The van der Waals surface area contributed by atoms with Crippen molar-refractivity contribution >= 4 is 11.6 Å². The molecule has 1 saturated heterocycles. The Labute approximate surface area is 121 Å². The molecule has 2 rings (SSSR count). The number of anilines is 1. The largest absolute Gasteiger partial charge is 0.495 e. The van der Waals surface area contributed by atoms with Crippen molar-refractivity contribution in [2.75, 3.05) is 32.1 Å². The Morgan fingerprint density at radius 3 is 2.75 bits per heavy atom. The number of methoxy groups -OCH3 is 1. The molecule has 0 aromatic heterocycles. The topological polar surface area (TPSA) is 41.6 Å². The van der Waals surface area contributed by atoms with E-state index in [0.29, 0.717) is 12.3 Å². The lowest BCUT2D eigenvalue weighted by Crippen LogP contribution is -2.30. The number of piperidine rings is 1. The monoisotopic (exact) mass is 276 g/mol. The van der Waals surface area contributed by atoms with E-state index in [1.807, 2.05) is 31.3 Å². The SMILES string of the molecule is COc1ccccc1N(C)C(=O)CCC1CCNCC1. The minimum absolute atomic E-state index is 0.160. The van der Waals surface area contributed by atoms with Crippen LogP contribution < -0.4 is 15.0 Å². The number of nitrogens with zero attached hydrogens (tertiary/aromatic N) is 1. The highest BCUT2D eigenvalue weighted by Gasteiger charge is 2.18. The van der Waals surface area contributed by atoms with Crippen molar-refractivity contribution in [3.63, 3.8) is 0 Å². The van der Waals surface area contributed by atoms with Crippen LogP contribution in [-0.2, 0) is 4.79 Å². The number of hydrogen-bond donors (Lipinski definition) is 1. The van der Waals surface area contributed by atoms with Gasteiger partial charge >= 0.3 is 0 Å². The third-order valence-corrected chi connectivity index (χ3v) is 4.05. The summed E-state index contributed by atoms with van der Waals surface area (Å²) in [7, 11) is 3.45. The Hall–Kier alpha value is -1.55. The highest BCUT2D eigenvalue weighted by molar-refractivity contribution is 5.94. The third kappa shape index (κ3) is 3.73. The molecule has 1 N–H and O–H groups in total. The fraction of sp³-hybridized carbons (Fsp3) is 0.562. The standard InChI is InChI=1S/C16H24N2O2/c1-18(14-5-3-4-6-15(14)20-2)16(19)8-7-13-9-11-17-12-10-13/h3-6,13,17H,7-12H2,1-2H3. The van der Waals surface area contributed by atoms with Gasteiger partial charge in [0.2, 0.25) is 5.91 Å². The van der Waals surface area contributed by atoms with E-state index in [-0.39, 0.29) is 5.91 Å². The Morgan fingerprint density at radius 2 is 2.05 bits per heavy atom. The van der Waals surface area contributed by atoms with E-state index in [0.717, 1.165) is 30.9 Å². The summed E-state index contributed by atoms with van der Waals surface area (Å²) < 4.78 is 5.31. The molecular formula is C16H24N2O2. The average Bonchev–Trinajstić information content (AvgIpc) is 2.52. The Balaban J connectivity index is 1.90. The predicted molar refractivity (Wildman–Crippen MR) is 81.2 cm³/mol. The van der Waals surface area contributed by atoms with Crippen molar-refractivity contribution < 1.29 is 9.53 Å². The molecule has 1 aliphatic rings. The number of ether oxygens (including phenoxy) is 1. The summed E-state index contributed by atoms with van der Waals surface area (Å²) in [4.78, 5) is 14.0. The van der Waals surface area contributed by atoms with E-state index in [2.05, 4.69) is 5.32 Å². The zero-order valence-corrected chi connectivity index (χ0v) is 12.4. The maximum atomic E-state index is 12.3. The molecule has 110 valence electrons. The minimum atomic E-state index is 0.160. The third-order valence-electron chi connectivity index (χ3n) is 4.05. The molecule has 1 aliphatic heterocycles. The van der Waals surface area contributed by atoms with E-state index in [4.69, 9.17) is 4.74 Å². The van der Waals surface area contributed by atoms with Crippen molar-refractivity contribution in [3.05, 3.63) is 24.3 Å². The summed E-state index contributed by atoms with van der Waals surface area (Å²) in [6, 6.07) is 7.64. The number of nitrogens with one attached hydrogen (secondary N) is 1. The van der Waals surface area contributed by atoms with Crippen LogP contribution in [0.15, 0.2) is 24.3 Å². The Bertz CT molecular complexity index is 442. The zero-order valence-electron chi connectivity index (χ0n) is 12.4. The van der Waals surface area contributed by atoms with Crippen LogP contribution in [0.1, 0.15) is 25.7 Å². The maximum absolute atomic E-state index is 12.3. The van der Waals surface area contributed by atoms with Gasteiger partial charge in [-0.25, -0.2) is 0 Å². The lowest BCUT2D eigenvalue weighted by atomic mass is 9.93. The van der Waals surface area contributed by atoms with Gasteiger partial charge < -0.3 is 15.0 Å². The first-order valence-corrected chi connectivity index (χ1v) is 7.32. The van der Waals surface area contributed by atoms with Crippen LogP contribution in [-0.4, -0.2) is 33.2 Å². The predicted octanol–water partition coefficient (Wildman–Crippen LogP) is 2.44. The van der Waals surface area contributed by atoms with Crippen LogP contribution in [0.3, 0.4) is 0 Å². The van der Waals surface area contributed by atoms with Crippen LogP contribution in [0, 0.1) is 5.92 Å². The Kier molecular flexibility index (Phi) is 5.41. The van der Waals surface area contributed by atoms with Crippen LogP contribution in [0.5, 0.6) is 5.75 Å². The lowest BCUT2D eigenvalue weighted by Gasteiger charge is -2.24. The van der Waals surface area contributed by atoms with Crippen LogP contribution in [0.25, 0.3) is 0 Å². The van der Waals surface area contributed by atoms with Gasteiger partial charge in [0.05, 0.1) is 12.8 Å². The summed E-state index contributed by atoms with van der Waals surface area (Å²) in [5.41, 5.74) is 0.838. The molecule has 0 radical (unpaired) electrons. The van der Waals surface area contributed by atoms with Crippen LogP contribution in [0.2, 0.25) is 0 Å². The number of hydrogen-bond acceptors (Lipinski definition) is 3. The van der Waals surface area contributed by atoms with Gasteiger partial charge in [0.1, 0.15) is 5.75 Å². The van der Waals surface area contributed by atoms with Gasteiger partial charge in [-0.1, -0.05) is 12.1 Å². The Morgan fingerprint density at radius 1 is 1.35 bits per heavy atom. The first-order chi connectivity index (χ1) is 9.72. The number of carbonyl (C=O) groups is 1. The summed E-state index contributed by atoms with van der Waals surface area (Å²) in [6.45, 7) is 2.17. The van der Waals surface area contributed by atoms with Gasteiger partial charge in [0.25, 0.3) is 0 Å². The minimum Gasteiger partial charge on any atom is -0.495 e. The zero-order chi connectivity index (χ0) is 14.4. The van der Waals surface area contributed by atoms with Gasteiger partial charge in [0.15, 0.2) is 0 Å². The second-order valence-electron chi connectivity index (χ2n) is 5.36. The van der Waals surface area contributed by atoms with E-state index < -0.39 is 0 Å². The van der Waals surface area contributed by atoms with Crippen molar-refractivity contribution in [1.29, 1.82) is 0 Å². The molecule has 0 atom stereocenters. The molecule has 4 nitrogen and oxygen atoms in total. The highest BCUT2D eigenvalue weighted by atomic mass is 16.5. The molecule has 1 aromatic rings. The van der Waals surface area contributed by atoms with E-state index in [9.17, 15) is 4.79 Å². The van der Waals surface area contributed by atoms with Crippen molar-refractivity contribution in [3.8, 4) is 5.75 Å². The van der Waals surface area contributed by atoms with Gasteiger partial charge in [-0.05, 0) is 50.4 Å². The van der Waals surface area contributed by atoms with Crippen molar-refractivity contribution in [2.24, 2.45) is 5.92 Å². The molecule has 0 spiro atoms. The van der Waals surface area contributed by atoms with Crippen LogP contribution in [0.4, 0.5) is 5.69 Å². The summed E-state index contributed by atoms with van der Waals surface area (Å²) in [5, 5.41) is 3.35. The summed E-state index contributed by atoms with van der Waals surface area (Å²) in [6.07, 6.45) is 3.97. The molecule has 1 fully saturated rings. The molecule has 4 heteroatoms. The molecule has 1 aromatic carbocycles. The molecule has 1 heterocycles. The van der Waals surface area contributed by atoms with Crippen molar-refractivity contribution in [2.45, 2.75) is 25.7 Å². The van der Waals surface area contributed by atoms with Crippen molar-refractivity contribution in [1.82, 2.24) is 5.32 Å². The molecule has 20 heavy (non-hydrogen) atoms. The molecular weight excluding hydrogens is 252 g/mol. The van der Waals surface area contributed by atoms with Gasteiger partial charge in [0, 0.05) is 13.5 Å². The first kappa shape index (κ1) is 14.9. The molecule has 0 saturated carbocycles. The number of carbonyl (C=O) groups excluding carboxylic acids is 1. The van der Waals surface area contributed by atoms with Gasteiger partial charge in [-0.15, -0.1) is 0 Å². The average molecular weight is 276 g/mol. The van der Waals surface area contributed by atoms with Crippen LogP contribution >= 0.6 is 0 Å². The number of benzene rings is 1. The smallest absolute Gasteiger partial charge is 0.226 e. The number of amides is 1. The lowest BCUT2D eigenvalue weighted by molar-refractivity contribution is -0.118. The normalized spacial score (nSPS) is 15.9. The molecule has 1 amide bonds. The van der Waals surface area contributed by atoms with E-state index >= 15 is 0 Å². The summed E-state index contributed by atoms with van der Waals surface area (Å²) >= 11 is 0. The van der Waals surface area contributed by atoms with Gasteiger partial charge in [-0.3, -0.25) is 4.79 Å². The second-order valence-corrected chi connectivity index (χ2v) is 5.36. The molecule has 0 unspecified atom stereocenters. The summed E-state index contributed by atoms with van der Waals surface area (Å²) in [5.74, 6) is 1.59. The molecule has 0 aliphatic carbocycles. The maximum Gasteiger partial charge on any atom is 0.226 e. The fourth-order valence-electron chi connectivity index (χ4n) is 2.71. The highest BCUT2D eigenvalue weighted by Crippen LogP contribution is 2.27. The number of para-hydroxylation sites is 2. The molecule has 0 bridgehead atoms. The first-order valence-electron chi connectivity index (χ1n) is 7.32. The quantitative estimate of drug-likeness (QED) is 0.898. The van der Waals surface area contributed by atoms with E-state index in [1.54, 1.807) is 12.0 Å².